The van der Waals surface area contributed by atoms with Crippen LogP contribution in [0.5, 0.6) is 0 Å². The minimum Gasteiger partial charge on any atom is -0.326 e. The Kier molecular flexibility index (Phi) is 6.15. The first kappa shape index (κ1) is 14.3. The highest BCUT2D eigenvalue weighted by Crippen LogP contribution is 2.30. The molecule has 0 aromatic carbocycles. The molecule has 1 fully saturated rings. The molecule has 1 heterocycles. The monoisotopic (exact) mass is 273 g/mol. The minimum absolute atomic E-state index is 0.408. The van der Waals surface area contributed by atoms with Gasteiger partial charge in [0.25, 0.3) is 0 Å². The van der Waals surface area contributed by atoms with Crippen LogP contribution >= 0.6 is 16.5 Å². The summed E-state index contributed by atoms with van der Waals surface area (Å²) in [7, 11) is -6.39. The zero-order valence-corrected chi connectivity index (χ0v) is 11.0. The second kappa shape index (κ2) is 6.87. The van der Waals surface area contributed by atoms with E-state index in [1.165, 1.54) is 0 Å². The molecule has 0 aromatic rings. The van der Waals surface area contributed by atoms with Gasteiger partial charge < -0.3 is 9.79 Å². The van der Waals surface area contributed by atoms with Crippen LogP contribution in [-0.4, -0.2) is 34.2 Å². The van der Waals surface area contributed by atoms with Gasteiger partial charge in [0.15, 0.2) is 0 Å². The summed E-state index contributed by atoms with van der Waals surface area (Å²) in [6.45, 7) is 3.28. The largest absolute Gasteiger partial charge is 0.326 e. The van der Waals surface area contributed by atoms with E-state index >= 15 is 0 Å². The topological polar surface area (TPSA) is 96.3 Å². The van der Waals surface area contributed by atoms with E-state index in [4.69, 9.17) is 9.79 Å². The Bertz CT molecular complexity index is 260. The van der Waals surface area contributed by atoms with E-state index in [0.717, 1.165) is 12.8 Å². The zero-order chi connectivity index (χ0) is 12.1. The Hall–Kier alpha value is 0.260. The molecule has 0 spiro atoms. The van der Waals surface area contributed by atoms with E-state index in [1.807, 2.05) is 6.92 Å². The quantitative estimate of drug-likeness (QED) is 0.564. The maximum absolute atomic E-state index is 10.6. The highest BCUT2D eigenvalue weighted by molar-refractivity contribution is 7.32. The van der Waals surface area contributed by atoms with Crippen molar-refractivity contribution in [3.05, 3.63) is 0 Å². The lowest BCUT2D eigenvalue weighted by molar-refractivity contribution is -0.129. The van der Waals surface area contributed by atoms with E-state index in [9.17, 15) is 9.13 Å². The fourth-order valence-corrected chi connectivity index (χ4v) is 2.60. The van der Waals surface area contributed by atoms with Gasteiger partial charge in [0.05, 0.1) is 0 Å². The summed E-state index contributed by atoms with van der Waals surface area (Å²) in [6.07, 6.45) is 0.769. The molecule has 2 N–H and O–H groups in total. The Labute approximate surface area is 95.3 Å². The highest BCUT2D eigenvalue weighted by Gasteiger charge is 2.27. The number of piperidine rings is 1. The van der Waals surface area contributed by atoms with E-state index in [0.29, 0.717) is 19.0 Å². The van der Waals surface area contributed by atoms with Gasteiger partial charge in [0, 0.05) is 13.1 Å². The summed E-state index contributed by atoms with van der Waals surface area (Å²) >= 11 is 0. The Morgan fingerprint density at radius 1 is 1.31 bits per heavy atom. The maximum atomic E-state index is 10.6. The van der Waals surface area contributed by atoms with Crippen molar-refractivity contribution in [1.29, 1.82) is 0 Å². The smallest absolute Gasteiger partial charge is 0.319 e. The maximum Gasteiger partial charge on any atom is 0.319 e. The molecule has 9 heteroatoms. The zero-order valence-electron chi connectivity index (χ0n) is 8.96. The van der Waals surface area contributed by atoms with Gasteiger partial charge in [-0.3, -0.25) is 23.1 Å². The van der Waals surface area contributed by atoms with Gasteiger partial charge in [-0.05, 0) is 18.8 Å². The van der Waals surface area contributed by atoms with Gasteiger partial charge in [-0.25, -0.2) is 0 Å². The van der Waals surface area contributed by atoms with Crippen LogP contribution in [0.3, 0.4) is 0 Å². The lowest BCUT2D eigenvalue weighted by atomic mass is 10.0. The molecule has 1 rings (SSSR count). The first-order valence-electron chi connectivity index (χ1n) is 5.02. The number of rotatable bonds is 5. The van der Waals surface area contributed by atoms with E-state index in [-0.39, 0.29) is 0 Å². The van der Waals surface area contributed by atoms with Crippen molar-refractivity contribution in [3.8, 4) is 0 Å². The van der Waals surface area contributed by atoms with Gasteiger partial charge in [0.2, 0.25) is 6.41 Å². The second-order valence-electron chi connectivity index (χ2n) is 3.82. The first-order chi connectivity index (χ1) is 7.49. The Morgan fingerprint density at radius 3 is 2.31 bits per heavy atom. The van der Waals surface area contributed by atoms with Gasteiger partial charge in [-0.1, -0.05) is 6.92 Å². The molecule has 7 nitrogen and oxygen atoms in total. The number of hydrogen-bond donors (Lipinski definition) is 2. The van der Waals surface area contributed by atoms with Crippen molar-refractivity contribution in [1.82, 2.24) is 4.90 Å². The standard InChI is InChI=1S/C7H17NO6P2/c1-6-3-2-4-8(5-6)7(13-15(9)10)14-16(11)12/h6-7,15-16H,2-5H2,1H3,(H,9,10)(H,11,12). The van der Waals surface area contributed by atoms with Crippen molar-refractivity contribution in [3.63, 3.8) is 0 Å². The molecule has 3 atom stereocenters. The summed E-state index contributed by atoms with van der Waals surface area (Å²) in [5, 5.41) is 0. The molecule has 0 aromatic heterocycles. The van der Waals surface area contributed by atoms with Crippen LogP contribution in [0.4, 0.5) is 0 Å². The van der Waals surface area contributed by atoms with Crippen LogP contribution in [0, 0.1) is 5.92 Å². The molecule has 1 saturated heterocycles. The number of hydrogen-bond acceptors (Lipinski definition) is 5. The summed E-state index contributed by atoms with van der Waals surface area (Å²) in [6, 6.07) is 0. The second-order valence-corrected chi connectivity index (χ2v) is 5.35. The molecule has 16 heavy (non-hydrogen) atoms. The van der Waals surface area contributed by atoms with Crippen molar-refractivity contribution in [2.75, 3.05) is 13.1 Å². The average molecular weight is 273 g/mol. The summed E-state index contributed by atoms with van der Waals surface area (Å²) in [5.74, 6) is 0.408. The van der Waals surface area contributed by atoms with Crippen molar-refractivity contribution >= 4 is 16.5 Å². The molecule has 0 bridgehead atoms. The molecule has 1 aliphatic heterocycles. The van der Waals surface area contributed by atoms with Crippen LogP contribution < -0.4 is 0 Å². The SMILES string of the molecule is CC1CCCN(C(O[PH](=O)O)O[PH](=O)O)C1. The highest BCUT2D eigenvalue weighted by atomic mass is 31.1. The molecule has 0 radical (unpaired) electrons. The third-order valence-corrected chi connectivity index (χ3v) is 3.20. The Morgan fingerprint density at radius 2 is 1.88 bits per heavy atom. The molecule has 0 amide bonds. The lowest BCUT2D eigenvalue weighted by Gasteiger charge is -2.34. The molecular formula is C7H17NO6P2. The average Bonchev–Trinajstić information content (AvgIpc) is 2.15. The summed E-state index contributed by atoms with van der Waals surface area (Å²) in [4.78, 5) is 19.0. The molecule has 96 valence electrons. The molecule has 3 unspecified atom stereocenters. The third kappa shape index (κ3) is 5.06. The van der Waals surface area contributed by atoms with Gasteiger partial charge in [-0.2, -0.15) is 0 Å². The van der Waals surface area contributed by atoms with Crippen LogP contribution in [0.1, 0.15) is 19.8 Å². The summed E-state index contributed by atoms with van der Waals surface area (Å²) in [5.41, 5.74) is 0. The Balaban J connectivity index is 2.58. The van der Waals surface area contributed by atoms with Crippen LogP contribution in [0.15, 0.2) is 0 Å². The number of nitrogens with zero attached hydrogens (tertiary/aromatic N) is 1. The normalized spacial score (nSPS) is 28.6. The van der Waals surface area contributed by atoms with E-state index in [1.54, 1.807) is 4.90 Å². The molecule has 1 aliphatic rings. The minimum atomic E-state index is -3.19. The van der Waals surface area contributed by atoms with Gasteiger partial charge in [0.1, 0.15) is 0 Å². The van der Waals surface area contributed by atoms with Crippen molar-refractivity contribution < 1.29 is 28.0 Å². The van der Waals surface area contributed by atoms with Crippen LogP contribution in [0.25, 0.3) is 0 Å². The van der Waals surface area contributed by atoms with E-state index in [2.05, 4.69) is 9.05 Å². The van der Waals surface area contributed by atoms with Gasteiger partial charge >= 0.3 is 16.5 Å². The van der Waals surface area contributed by atoms with E-state index < -0.39 is 22.9 Å². The fraction of sp³-hybridized carbons (Fsp3) is 1.00. The molecule has 0 saturated carbocycles. The third-order valence-electron chi connectivity index (χ3n) is 2.39. The van der Waals surface area contributed by atoms with Gasteiger partial charge in [-0.15, -0.1) is 0 Å². The fourth-order valence-electron chi connectivity index (χ4n) is 1.76. The van der Waals surface area contributed by atoms with Crippen LogP contribution in [-0.2, 0) is 18.2 Å². The predicted octanol–water partition coefficient (Wildman–Crippen LogP) is 0.799. The van der Waals surface area contributed by atoms with Crippen molar-refractivity contribution in [2.45, 2.75) is 26.2 Å². The van der Waals surface area contributed by atoms with Crippen LogP contribution in [0.2, 0.25) is 0 Å². The first-order valence-corrected chi connectivity index (χ1v) is 7.55. The predicted molar refractivity (Wildman–Crippen MR) is 58.4 cm³/mol. The number of likely N-dealkylation sites (tertiary alicyclic amines) is 1. The van der Waals surface area contributed by atoms with Crippen molar-refractivity contribution in [2.24, 2.45) is 5.92 Å². The summed E-state index contributed by atoms with van der Waals surface area (Å²) < 4.78 is 30.4. The molecular weight excluding hydrogens is 256 g/mol. The molecule has 0 aliphatic carbocycles. The lowest BCUT2D eigenvalue weighted by Crippen LogP contribution is -2.43.